The zero-order valence-electron chi connectivity index (χ0n) is 10.0. The predicted octanol–water partition coefficient (Wildman–Crippen LogP) is 2.27. The van der Waals surface area contributed by atoms with Gasteiger partial charge < -0.3 is 10.4 Å². The molecule has 0 aromatic carbocycles. The van der Waals surface area contributed by atoms with Crippen molar-refractivity contribution in [3.05, 3.63) is 0 Å². The van der Waals surface area contributed by atoms with Gasteiger partial charge in [-0.2, -0.15) is 11.8 Å². The van der Waals surface area contributed by atoms with Gasteiger partial charge in [-0.25, -0.2) is 0 Å². The van der Waals surface area contributed by atoms with Crippen molar-refractivity contribution >= 4 is 11.8 Å². The Balaban J connectivity index is 2.19. The third-order valence-corrected chi connectivity index (χ3v) is 4.60. The normalized spacial score (nSPS) is 28.2. The van der Waals surface area contributed by atoms with Crippen LogP contribution in [0.2, 0.25) is 0 Å². The van der Waals surface area contributed by atoms with Gasteiger partial charge in [0.25, 0.3) is 0 Å². The molecule has 1 fully saturated rings. The predicted molar refractivity (Wildman–Crippen MR) is 68.4 cm³/mol. The molecular formula is C12H25NOS. The number of hydrogen-bond acceptors (Lipinski definition) is 3. The summed E-state index contributed by atoms with van der Waals surface area (Å²) in [6.07, 6.45) is 4.72. The zero-order valence-corrected chi connectivity index (χ0v) is 10.9. The quantitative estimate of drug-likeness (QED) is 0.705. The molecular weight excluding hydrogens is 206 g/mol. The molecule has 0 aliphatic carbocycles. The lowest BCUT2D eigenvalue weighted by Crippen LogP contribution is -2.37. The van der Waals surface area contributed by atoms with Gasteiger partial charge in [-0.05, 0) is 37.5 Å². The Morgan fingerprint density at radius 1 is 1.47 bits per heavy atom. The van der Waals surface area contributed by atoms with Crippen molar-refractivity contribution in [2.24, 2.45) is 5.92 Å². The number of aliphatic hydroxyl groups is 1. The van der Waals surface area contributed by atoms with Crippen molar-refractivity contribution < 1.29 is 5.11 Å². The fourth-order valence-corrected chi connectivity index (χ4v) is 3.48. The Labute approximate surface area is 98.2 Å². The molecule has 0 spiro atoms. The molecule has 0 aromatic rings. The van der Waals surface area contributed by atoms with Crippen molar-refractivity contribution in [2.45, 2.75) is 50.8 Å². The lowest BCUT2D eigenvalue weighted by Gasteiger charge is -2.21. The molecule has 90 valence electrons. The summed E-state index contributed by atoms with van der Waals surface area (Å²) in [5.74, 6) is 1.97. The summed E-state index contributed by atoms with van der Waals surface area (Å²) < 4.78 is 0. The van der Waals surface area contributed by atoms with Crippen LogP contribution in [0.4, 0.5) is 0 Å². The molecule has 0 radical (unpaired) electrons. The molecule has 3 atom stereocenters. The lowest BCUT2D eigenvalue weighted by atomic mass is 9.99. The van der Waals surface area contributed by atoms with Crippen LogP contribution in [0.3, 0.4) is 0 Å². The first kappa shape index (κ1) is 13.3. The molecule has 0 bridgehead atoms. The molecule has 15 heavy (non-hydrogen) atoms. The first-order chi connectivity index (χ1) is 7.27. The minimum atomic E-state index is 0.335. The molecule has 1 heterocycles. The Morgan fingerprint density at radius 2 is 2.27 bits per heavy atom. The van der Waals surface area contributed by atoms with E-state index in [1.54, 1.807) is 0 Å². The first-order valence-electron chi connectivity index (χ1n) is 6.23. The van der Waals surface area contributed by atoms with Gasteiger partial charge in [-0.1, -0.05) is 20.3 Å². The summed E-state index contributed by atoms with van der Waals surface area (Å²) in [7, 11) is 0. The first-order valence-corrected chi connectivity index (χ1v) is 7.28. The van der Waals surface area contributed by atoms with Gasteiger partial charge in [0.15, 0.2) is 0 Å². The Bertz CT molecular complexity index is 160. The summed E-state index contributed by atoms with van der Waals surface area (Å²) in [6.45, 7) is 5.96. The van der Waals surface area contributed by atoms with Crippen LogP contribution in [0, 0.1) is 5.92 Å². The minimum absolute atomic E-state index is 0.335. The highest BCUT2D eigenvalue weighted by Gasteiger charge is 2.23. The Kier molecular flexibility index (Phi) is 6.69. The van der Waals surface area contributed by atoms with E-state index in [1.165, 1.54) is 25.0 Å². The van der Waals surface area contributed by atoms with Crippen molar-refractivity contribution in [3.63, 3.8) is 0 Å². The molecule has 0 aromatic heterocycles. The molecule has 1 rings (SSSR count). The fraction of sp³-hybridized carbons (Fsp3) is 1.00. The lowest BCUT2D eigenvalue weighted by molar-refractivity contribution is 0.245. The Hall–Kier alpha value is 0.270. The van der Waals surface area contributed by atoms with Gasteiger partial charge in [0.2, 0.25) is 0 Å². The maximum absolute atomic E-state index is 8.98. The summed E-state index contributed by atoms with van der Waals surface area (Å²) in [4.78, 5) is 0. The van der Waals surface area contributed by atoms with Crippen LogP contribution in [0.25, 0.3) is 0 Å². The maximum Gasteiger partial charge on any atom is 0.0434 e. The highest BCUT2D eigenvalue weighted by molar-refractivity contribution is 8.00. The molecule has 3 heteroatoms. The summed E-state index contributed by atoms with van der Waals surface area (Å²) >= 11 is 2.07. The zero-order chi connectivity index (χ0) is 11.1. The van der Waals surface area contributed by atoms with Crippen molar-refractivity contribution in [3.8, 4) is 0 Å². The van der Waals surface area contributed by atoms with E-state index < -0.39 is 0 Å². The summed E-state index contributed by atoms with van der Waals surface area (Å²) in [6, 6.07) is 0.702. The second-order valence-corrected chi connectivity index (χ2v) is 6.03. The van der Waals surface area contributed by atoms with E-state index in [1.807, 2.05) is 0 Å². The molecule has 2 nitrogen and oxygen atoms in total. The van der Waals surface area contributed by atoms with E-state index in [9.17, 15) is 0 Å². The molecule has 1 aliphatic rings. The second kappa shape index (κ2) is 7.53. The standard InChI is InChI=1S/C12H25NOS/c1-3-4-11(5-7-14)9-13-12-6-8-15-10(12)2/h10-14H,3-9H2,1-2H3. The number of nitrogens with one attached hydrogen (secondary N) is 1. The molecule has 1 saturated heterocycles. The van der Waals surface area contributed by atoms with Crippen LogP contribution in [-0.4, -0.2) is 35.3 Å². The smallest absolute Gasteiger partial charge is 0.0434 e. The van der Waals surface area contributed by atoms with E-state index >= 15 is 0 Å². The highest BCUT2D eigenvalue weighted by Crippen LogP contribution is 2.26. The van der Waals surface area contributed by atoms with Gasteiger partial charge >= 0.3 is 0 Å². The summed E-state index contributed by atoms with van der Waals surface area (Å²) in [5.41, 5.74) is 0. The Morgan fingerprint density at radius 3 is 2.80 bits per heavy atom. The maximum atomic E-state index is 8.98. The minimum Gasteiger partial charge on any atom is -0.396 e. The van der Waals surface area contributed by atoms with Gasteiger partial charge in [0, 0.05) is 17.9 Å². The van der Waals surface area contributed by atoms with Crippen LogP contribution in [0.15, 0.2) is 0 Å². The van der Waals surface area contributed by atoms with Crippen LogP contribution in [0.1, 0.15) is 39.5 Å². The van der Waals surface area contributed by atoms with Gasteiger partial charge in [-0.15, -0.1) is 0 Å². The van der Waals surface area contributed by atoms with E-state index in [0.717, 1.165) is 18.2 Å². The van der Waals surface area contributed by atoms with Crippen LogP contribution in [-0.2, 0) is 0 Å². The highest BCUT2D eigenvalue weighted by atomic mass is 32.2. The van der Waals surface area contributed by atoms with Crippen LogP contribution >= 0.6 is 11.8 Å². The fourth-order valence-electron chi connectivity index (χ4n) is 2.26. The van der Waals surface area contributed by atoms with E-state index in [0.29, 0.717) is 18.6 Å². The molecule has 0 amide bonds. The van der Waals surface area contributed by atoms with Gasteiger partial charge in [0.1, 0.15) is 0 Å². The SMILES string of the molecule is CCCC(CCO)CNC1CCSC1C. The number of hydrogen-bond donors (Lipinski definition) is 2. The van der Waals surface area contributed by atoms with E-state index in [2.05, 4.69) is 30.9 Å². The van der Waals surface area contributed by atoms with Crippen molar-refractivity contribution in [1.82, 2.24) is 5.32 Å². The van der Waals surface area contributed by atoms with Crippen LogP contribution in [0.5, 0.6) is 0 Å². The largest absolute Gasteiger partial charge is 0.396 e. The van der Waals surface area contributed by atoms with E-state index in [-0.39, 0.29) is 0 Å². The number of rotatable bonds is 7. The van der Waals surface area contributed by atoms with E-state index in [4.69, 9.17) is 5.11 Å². The number of thioether (sulfide) groups is 1. The third kappa shape index (κ3) is 4.75. The van der Waals surface area contributed by atoms with Crippen LogP contribution < -0.4 is 5.32 Å². The van der Waals surface area contributed by atoms with Gasteiger partial charge in [-0.3, -0.25) is 0 Å². The average Bonchev–Trinajstić information content (AvgIpc) is 2.61. The third-order valence-electron chi connectivity index (χ3n) is 3.28. The topological polar surface area (TPSA) is 32.3 Å². The number of aliphatic hydroxyl groups excluding tert-OH is 1. The average molecular weight is 231 g/mol. The molecule has 1 aliphatic heterocycles. The second-order valence-electron chi connectivity index (χ2n) is 4.55. The molecule has 2 N–H and O–H groups in total. The van der Waals surface area contributed by atoms with Crippen molar-refractivity contribution in [1.29, 1.82) is 0 Å². The van der Waals surface area contributed by atoms with Gasteiger partial charge in [0.05, 0.1) is 0 Å². The monoisotopic (exact) mass is 231 g/mol. The summed E-state index contributed by atoms with van der Waals surface area (Å²) in [5, 5.41) is 13.4. The molecule has 0 saturated carbocycles. The molecule has 3 unspecified atom stereocenters. The van der Waals surface area contributed by atoms with Crippen molar-refractivity contribution in [2.75, 3.05) is 18.9 Å².